The highest BCUT2D eigenvalue weighted by Gasteiger charge is 2.30. The minimum atomic E-state index is 0.374. The molecule has 2 aromatic rings. The van der Waals surface area contributed by atoms with Crippen LogP contribution in [0.1, 0.15) is 53.7 Å². The third kappa shape index (κ3) is 2.06. The van der Waals surface area contributed by atoms with Gasteiger partial charge in [0, 0.05) is 17.5 Å². The standard InChI is InChI=1S/C16H15BrN2S/c17-13-14(10-5-6-10)18-15(19-16(13)20)12-8-7-9-3-1-2-4-11(9)12/h1-4,10,12H,5-8H2,(H,18,19,20). The first-order valence-electron chi connectivity index (χ1n) is 7.11. The van der Waals surface area contributed by atoms with E-state index in [0.29, 0.717) is 16.5 Å². The average molecular weight is 347 g/mol. The molecule has 4 rings (SSSR count). The van der Waals surface area contributed by atoms with E-state index in [2.05, 4.69) is 50.2 Å². The van der Waals surface area contributed by atoms with Gasteiger partial charge in [-0.25, -0.2) is 4.98 Å². The molecule has 1 aromatic heterocycles. The molecule has 2 nitrogen and oxygen atoms in total. The van der Waals surface area contributed by atoms with Crippen molar-refractivity contribution in [1.29, 1.82) is 0 Å². The third-order valence-electron chi connectivity index (χ3n) is 4.36. The quantitative estimate of drug-likeness (QED) is 0.786. The van der Waals surface area contributed by atoms with E-state index in [0.717, 1.165) is 23.1 Å². The van der Waals surface area contributed by atoms with Gasteiger partial charge in [-0.15, -0.1) is 0 Å². The molecule has 0 spiro atoms. The lowest BCUT2D eigenvalue weighted by Gasteiger charge is -2.14. The van der Waals surface area contributed by atoms with Gasteiger partial charge in [0.1, 0.15) is 10.5 Å². The van der Waals surface area contributed by atoms with Crippen molar-refractivity contribution in [3.05, 3.63) is 56.0 Å². The van der Waals surface area contributed by atoms with Crippen molar-refractivity contribution in [2.24, 2.45) is 0 Å². The second kappa shape index (κ2) is 4.78. The van der Waals surface area contributed by atoms with Crippen LogP contribution in [-0.2, 0) is 6.42 Å². The Morgan fingerprint density at radius 2 is 2.00 bits per heavy atom. The third-order valence-corrected chi connectivity index (χ3v) is 5.72. The summed E-state index contributed by atoms with van der Waals surface area (Å²) in [5, 5.41) is 0. The summed E-state index contributed by atoms with van der Waals surface area (Å²) in [6.45, 7) is 0. The molecule has 0 radical (unpaired) electrons. The van der Waals surface area contributed by atoms with E-state index in [1.54, 1.807) is 0 Å². The van der Waals surface area contributed by atoms with Crippen molar-refractivity contribution in [2.75, 3.05) is 0 Å². The summed E-state index contributed by atoms with van der Waals surface area (Å²) in [4.78, 5) is 8.21. The number of aromatic amines is 1. The molecule has 20 heavy (non-hydrogen) atoms. The Morgan fingerprint density at radius 1 is 1.20 bits per heavy atom. The predicted molar refractivity (Wildman–Crippen MR) is 85.7 cm³/mol. The Balaban J connectivity index is 1.82. The molecule has 1 unspecified atom stereocenters. The Morgan fingerprint density at radius 3 is 2.80 bits per heavy atom. The van der Waals surface area contributed by atoms with Gasteiger partial charge in [-0.2, -0.15) is 0 Å². The van der Waals surface area contributed by atoms with Crippen LogP contribution in [0.3, 0.4) is 0 Å². The number of aromatic nitrogens is 2. The fraction of sp³-hybridized carbons (Fsp3) is 0.375. The minimum Gasteiger partial charge on any atom is -0.345 e. The van der Waals surface area contributed by atoms with Gasteiger partial charge in [-0.05, 0) is 52.7 Å². The first-order chi connectivity index (χ1) is 9.74. The number of fused-ring (bicyclic) bond motifs is 1. The van der Waals surface area contributed by atoms with Gasteiger partial charge in [0.25, 0.3) is 0 Å². The number of hydrogen-bond donors (Lipinski definition) is 1. The van der Waals surface area contributed by atoms with Crippen LogP contribution in [-0.4, -0.2) is 9.97 Å². The maximum atomic E-state index is 5.43. The van der Waals surface area contributed by atoms with E-state index in [1.165, 1.54) is 29.7 Å². The van der Waals surface area contributed by atoms with Crippen molar-refractivity contribution in [1.82, 2.24) is 9.97 Å². The number of nitrogens with one attached hydrogen (secondary N) is 1. The molecule has 1 heterocycles. The van der Waals surface area contributed by atoms with Crippen LogP contribution in [0.5, 0.6) is 0 Å². The molecule has 0 amide bonds. The van der Waals surface area contributed by atoms with E-state index in [9.17, 15) is 0 Å². The summed E-state index contributed by atoms with van der Waals surface area (Å²) in [5.74, 6) is 2.06. The highest BCUT2D eigenvalue weighted by atomic mass is 79.9. The van der Waals surface area contributed by atoms with Crippen LogP contribution >= 0.6 is 28.1 Å². The van der Waals surface area contributed by atoms with Gasteiger partial charge in [0.2, 0.25) is 0 Å². The van der Waals surface area contributed by atoms with Crippen molar-refractivity contribution in [3.8, 4) is 0 Å². The van der Waals surface area contributed by atoms with Gasteiger partial charge in [-0.3, -0.25) is 0 Å². The molecular weight excluding hydrogens is 332 g/mol. The van der Waals surface area contributed by atoms with E-state index in [-0.39, 0.29) is 0 Å². The van der Waals surface area contributed by atoms with Crippen LogP contribution in [0.2, 0.25) is 0 Å². The van der Waals surface area contributed by atoms with Gasteiger partial charge in [-0.1, -0.05) is 36.5 Å². The topological polar surface area (TPSA) is 28.7 Å². The second-order valence-corrected chi connectivity index (χ2v) is 6.90. The fourth-order valence-corrected chi connectivity index (χ4v) is 3.87. The molecule has 2 aliphatic carbocycles. The van der Waals surface area contributed by atoms with Gasteiger partial charge < -0.3 is 4.98 Å². The summed E-state index contributed by atoms with van der Waals surface area (Å²) in [6.07, 6.45) is 4.78. The summed E-state index contributed by atoms with van der Waals surface area (Å²) >= 11 is 9.03. The molecule has 0 bridgehead atoms. The maximum absolute atomic E-state index is 5.43. The molecular formula is C16H15BrN2S. The maximum Gasteiger partial charge on any atom is 0.144 e. The Labute approximate surface area is 131 Å². The van der Waals surface area contributed by atoms with Gasteiger partial charge in [0.15, 0.2) is 0 Å². The Kier molecular flexibility index (Phi) is 3.04. The van der Waals surface area contributed by atoms with Crippen LogP contribution in [0.25, 0.3) is 0 Å². The monoisotopic (exact) mass is 346 g/mol. The van der Waals surface area contributed by atoms with E-state index in [4.69, 9.17) is 12.2 Å². The molecule has 0 saturated heterocycles. The molecule has 0 aliphatic heterocycles. The number of aryl methyl sites for hydroxylation is 1. The second-order valence-electron chi connectivity index (χ2n) is 5.72. The first kappa shape index (κ1) is 12.7. The summed E-state index contributed by atoms with van der Waals surface area (Å²) in [6, 6.07) is 8.69. The normalized spacial score (nSPS) is 20.9. The molecule has 2 aliphatic rings. The van der Waals surface area contributed by atoms with Crippen LogP contribution in [0, 0.1) is 4.64 Å². The number of rotatable bonds is 2. The van der Waals surface area contributed by atoms with Crippen molar-refractivity contribution in [3.63, 3.8) is 0 Å². The molecule has 1 N–H and O–H groups in total. The van der Waals surface area contributed by atoms with Crippen LogP contribution in [0.4, 0.5) is 0 Å². The summed E-state index contributed by atoms with van der Waals surface area (Å²) < 4.78 is 1.69. The smallest absolute Gasteiger partial charge is 0.144 e. The van der Waals surface area contributed by atoms with Gasteiger partial charge >= 0.3 is 0 Å². The zero-order valence-corrected chi connectivity index (χ0v) is 13.4. The average Bonchev–Trinajstić information content (AvgIpc) is 3.21. The number of benzene rings is 1. The van der Waals surface area contributed by atoms with Gasteiger partial charge in [0.05, 0.1) is 4.47 Å². The molecule has 4 heteroatoms. The molecule has 1 aromatic carbocycles. The molecule has 1 saturated carbocycles. The first-order valence-corrected chi connectivity index (χ1v) is 8.31. The van der Waals surface area contributed by atoms with Crippen LogP contribution < -0.4 is 0 Å². The minimum absolute atomic E-state index is 0.374. The van der Waals surface area contributed by atoms with E-state index >= 15 is 0 Å². The lowest BCUT2D eigenvalue weighted by molar-refractivity contribution is 0.713. The largest absolute Gasteiger partial charge is 0.345 e. The molecule has 1 fully saturated rings. The number of halogens is 1. The SMILES string of the molecule is S=c1nc(C2CCc3ccccc32)[nH]c(C2CC2)c1Br. The number of hydrogen-bond acceptors (Lipinski definition) is 2. The highest BCUT2D eigenvalue weighted by Crippen LogP contribution is 2.44. The summed E-state index contributed by atoms with van der Waals surface area (Å²) in [7, 11) is 0. The predicted octanol–water partition coefficient (Wildman–Crippen LogP) is 4.86. The number of H-pyrrole nitrogens is 1. The Bertz CT molecular complexity index is 733. The van der Waals surface area contributed by atoms with Crippen LogP contribution in [0.15, 0.2) is 28.7 Å². The lowest BCUT2D eigenvalue weighted by Crippen LogP contribution is -2.06. The van der Waals surface area contributed by atoms with E-state index in [1.807, 2.05) is 0 Å². The molecule has 1 atom stereocenters. The zero-order valence-electron chi connectivity index (χ0n) is 11.0. The highest BCUT2D eigenvalue weighted by molar-refractivity contribution is 9.10. The Hall–Kier alpha value is -1.00. The van der Waals surface area contributed by atoms with Crippen molar-refractivity contribution in [2.45, 2.75) is 37.5 Å². The lowest BCUT2D eigenvalue weighted by atomic mass is 10.0. The molecule has 102 valence electrons. The van der Waals surface area contributed by atoms with Crippen molar-refractivity contribution >= 4 is 28.1 Å². The van der Waals surface area contributed by atoms with Crippen molar-refractivity contribution < 1.29 is 0 Å². The zero-order chi connectivity index (χ0) is 13.7. The summed E-state index contributed by atoms with van der Waals surface area (Å²) in [5.41, 5.74) is 4.12. The fourth-order valence-electron chi connectivity index (χ4n) is 3.15. The number of nitrogens with zero attached hydrogens (tertiary/aromatic N) is 1. The van der Waals surface area contributed by atoms with E-state index < -0.39 is 0 Å².